The first-order valence-electron chi connectivity index (χ1n) is 4.48. The molecular formula is C8H16N2O2S. The van der Waals surface area contributed by atoms with Crippen LogP contribution in [0.4, 0.5) is 0 Å². The Kier molecular flexibility index (Phi) is 4.55. The van der Waals surface area contributed by atoms with Gasteiger partial charge in [-0.2, -0.15) is 11.8 Å². The van der Waals surface area contributed by atoms with Crippen LogP contribution in [0.1, 0.15) is 6.42 Å². The number of nitrogens with two attached hydrogens (primary N) is 1. The number of carbonyl (C=O) groups is 1. The zero-order chi connectivity index (χ0) is 9.68. The number of nitrogens with zero attached hydrogens (tertiary/aromatic N) is 1. The van der Waals surface area contributed by atoms with Crippen LogP contribution >= 0.6 is 11.8 Å². The summed E-state index contributed by atoms with van der Waals surface area (Å²) in [6.07, 6.45) is 0.556. The summed E-state index contributed by atoms with van der Waals surface area (Å²) in [5, 5.41) is 8.56. The lowest BCUT2D eigenvalue weighted by Gasteiger charge is -2.26. The van der Waals surface area contributed by atoms with Crippen molar-refractivity contribution in [2.75, 3.05) is 31.1 Å². The van der Waals surface area contributed by atoms with Crippen molar-refractivity contribution >= 4 is 17.7 Å². The van der Waals surface area contributed by atoms with E-state index in [0.29, 0.717) is 6.42 Å². The summed E-state index contributed by atoms with van der Waals surface area (Å²) in [4.78, 5) is 12.7. The Balaban J connectivity index is 2.13. The number of carboxylic acids is 1. The summed E-state index contributed by atoms with van der Waals surface area (Å²) in [5.41, 5.74) is 5.40. The quantitative estimate of drug-likeness (QED) is 0.666. The fraction of sp³-hybridized carbons (Fsp3) is 0.875. The Labute approximate surface area is 82.5 Å². The van der Waals surface area contributed by atoms with Crippen LogP contribution in [0.25, 0.3) is 0 Å². The Morgan fingerprint density at radius 3 is 2.69 bits per heavy atom. The second kappa shape index (κ2) is 5.47. The average molecular weight is 204 g/mol. The maximum absolute atomic E-state index is 10.4. The molecule has 76 valence electrons. The van der Waals surface area contributed by atoms with Gasteiger partial charge in [-0.05, 0) is 6.42 Å². The molecule has 0 aromatic rings. The van der Waals surface area contributed by atoms with Gasteiger partial charge < -0.3 is 15.7 Å². The monoisotopic (exact) mass is 204 g/mol. The summed E-state index contributed by atoms with van der Waals surface area (Å²) in [7, 11) is 0. The molecule has 0 aliphatic carbocycles. The molecule has 0 spiro atoms. The van der Waals surface area contributed by atoms with Crippen molar-refractivity contribution in [3.05, 3.63) is 0 Å². The summed E-state index contributed by atoms with van der Waals surface area (Å²) < 4.78 is 0. The molecule has 1 heterocycles. The number of hydrogen-bond acceptors (Lipinski definition) is 4. The molecule has 1 aliphatic rings. The fourth-order valence-electron chi connectivity index (χ4n) is 1.27. The molecule has 1 saturated heterocycles. The van der Waals surface area contributed by atoms with Crippen LogP contribution in [-0.4, -0.2) is 53.2 Å². The summed E-state index contributed by atoms with van der Waals surface area (Å²) in [6, 6.07) is -0.699. The topological polar surface area (TPSA) is 66.6 Å². The molecule has 1 aliphatic heterocycles. The highest BCUT2D eigenvalue weighted by molar-refractivity contribution is 7.99. The van der Waals surface area contributed by atoms with Gasteiger partial charge in [0.2, 0.25) is 0 Å². The summed E-state index contributed by atoms with van der Waals surface area (Å²) in [6.45, 7) is 2.95. The predicted octanol–water partition coefficient (Wildman–Crippen LogP) is -0.163. The van der Waals surface area contributed by atoms with Crippen LogP contribution in [0.2, 0.25) is 0 Å². The second-order valence-electron chi connectivity index (χ2n) is 3.19. The first-order chi connectivity index (χ1) is 6.20. The van der Waals surface area contributed by atoms with Crippen molar-refractivity contribution in [2.45, 2.75) is 12.5 Å². The van der Waals surface area contributed by atoms with Gasteiger partial charge >= 0.3 is 5.97 Å². The molecular weight excluding hydrogens is 188 g/mol. The maximum atomic E-state index is 10.4. The van der Waals surface area contributed by atoms with Gasteiger partial charge in [0, 0.05) is 31.1 Å². The fourth-order valence-corrected chi connectivity index (χ4v) is 2.25. The van der Waals surface area contributed by atoms with Crippen molar-refractivity contribution in [3.63, 3.8) is 0 Å². The summed E-state index contributed by atoms with van der Waals surface area (Å²) >= 11 is 1.95. The first-order valence-corrected chi connectivity index (χ1v) is 5.64. The van der Waals surface area contributed by atoms with E-state index in [9.17, 15) is 4.79 Å². The highest BCUT2D eigenvalue weighted by atomic mass is 32.2. The smallest absolute Gasteiger partial charge is 0.320 e. The second-order valence-corrected chi connectivity index (χ2v) is 4.41. The van der Waals surface area contributed by atoms with Crippen molar-refractivity contribution in [2.24, 2.45) is 5.73 Å². The van der Waals surface area contributed by atoms with Crippen molar-refractivity contribution in [1.29, 1.82) is 0 Å². The van der Waals surface area contributed by atoms with Gasteiger partial charge in [0.15, 0.2) is 0 Å². The third kappa shape index (κ3) is 3.97. The molecule has 0 saturated carbocycles. The number of hydrogen-bond donors (Lipinski definition) is 2. The largest absolute Gasteiger partial charge is 0.480 e. The Morgan fingerprint density at radius 1 is 1.54 bits per heavy atom. The minimum atomic E-state index is -0.897. The SMILES string of the molecule is N[C@H](CCN1CCSCC1)C(=O)O. The number of aliphatic carboxylic acids is 1. The maximum Gasteiger partial charge on any atom is 0.320 e. The van der Waals surface area contributed by atoms with E-state index < -0.39 is 12.0 Å². The van der Waals surface area contributed by atoms with Gasteiger partial charge in [-0.15, -0.1) is 0 Å². The molecule has 4 nitrogen and oxygen atoms in total. The zero-order valence-corrected chi connectivity index (χ0v) is 8.42. The van der Waals surface area contributed by atoms with E-state index in [2.05, 4.69) is 4.90 Å². The minimum Gasteiger partial charge on any atom is -0.480 e. The van der Waals surface area contributed by atoms with Crippen LogP contribution in [0.5, 0.6) is 0 Å². The molecule has 1 atom stereocenters. The lowest BCUT2D eigenvalue weighted by molar-refractivity contribution is -0.138. The first kappa shape index (κ1) is 10.8. The van der Waals surface area contributed by atoms with E-state index in [4.69, 9.17) is 10.8 Å². The molecule has 0 bridgehead atoms. The van der Waals surface area contributed by atoms with Crippen LogP contribution in [0.3, 0.4) is 0 Å². The van der Waals surface area contributed by atoms with Crippen molar-refractivity contribution in [3.8, 4) is 0 Å². The van der Waals surface area contributed by atoms with E-state index in [1.54, 1.807) is 0 Å². The normalized spacial score (nSPS) is 21.3. The van der Waals surface area contributed by atoms with Gasteiger partial charge in [0.25, 0.3) is 0 Å². The van der Waals surface area contributed by atoms with Crippen molar-refractivity contribution < 1.29 is 9.90 Å². The number of rotatable bonds is 4. The van der Waals surface area contributed by atoms with Gasteiger partial charge in [-0.25, -0.2) is 0 Å². The molecule has 13 heavy (non-hydrogen) atoms. The van der Waals surface area contributed by atoms with Crippen LogP contribution in [-0.2, 0) is 4.79 Å². The molecule has 3 N–H and O–H groups in total. The molecule has 0 amide bonds. The van der Waals surface area contributed by atoms with Gasteiger partial charge in [0.1, 0.15) is 6.04 Å². The highest BCUT2D eigenvalue weighted by Gasteiger charge is 2.15. The molecule has 0 unspecified atom stereocenters. The molecule has 1 fully saturated rings. The lowest BCUT2D eigenvalue weighted by Crippen LogP contribution is -2.38. The van der Waals surface area contributed by atoms with Crippen LogP contribution < -0.4 is 5.73 Å². The standard InChI is InChI=1S/C8H16N2O2S/c9-7(8(11)12)1-2-10-3-5-13-6-4-10/h7H,1-6,9H2,(H,11,12)/t7-/m1/s1. The average Bonchev–Trinajstić information content (AvgIpc) is 2.15. The van der Waals surface area contributed by atoms with Crippen LogP contribution in [0.15, 0.2) is 0 Å². The van der Waals surface area contributed by atoms with E-state index in [-0.39, 0.29) is 0 Å². The van der Waals surface area contributed by atoms with Gasteiger partial charge in [-0.1, -0.05) is 0 Å². The van der Waals surface area contributed by atoms with Gasteiger partial charge in [0.05, 0.1) is 0 Å². The van der Waals surface area contributed by atoms with Gasteiger partial charge in [-0.3, -0.25) is 4.79 Å². The Hall–Kier alpha value is -0.260. The van der Waals surface area contributed by atoms with E-state index in [1.165, 1.54) is 0 Å². The number of carboxylic acid groups (broad SMARTS) is 1. The third-order valence-corrected chi connectivity index (χ3v) is 3.12. The minimum absolute atomic E-state index is 0.556. The Morgan fingerprint density at radius 2 is 2.15 bits per heavy atom. The third-order valence-electron chi connectivity index (χ3n) is 2.18. The predicted molar refractivity (Wildman–Crippen MR) is 54.0 cm³/mol. The number of thioether (sulfide) groups is 1. The van der Waals surface area contributed by atoms with E-state index in [0.717, 1.165) is 31.1 Å². The Bertz CT molecular complexity index is 172. The molecule has 0 radical (unpaired) electrons. The highest BCUT2D eigenvalue weighted by Crippen LogP contribution is 2.09. The lowest BCUT2D eigenvalue weighted by atomic mass is 10.2. The molecule has 0 aromatic carbocycles. The molecule has 5 heteroatoms. The molecule has 1 rings (SSSR count). The van der Waals surface area contributed by atoms with E-state index in [1.807, 2.05) is 11.8 Å². The zero-order valence-electron chi connectivity index (χ0n) is 7.61. The van der Waals surface area contributed by atoms with Crippen molar-refractivity contribution in [1.82, 2.24) is 4.90 Å². The van der Waals surface area contributed by atoms with E-state index >= 15 is 0 Å². The summed E-state index contributed by atoms with van der Waals surface area (Å²) in [5.74, 6) is 1.41. The molecule has 0 aromatic heterocycles. The van der Waals surface area contributed by atoms with Crippen LogP contribution in [0, 0.1) is 0 Å².